The molecule has 27 heavy (non-hydrogen) atoms. The lowest BCUT2D eigenvalue weighted by Crippen LogP contribution is -2.47. The van der Waals surface area contributed by atoms with Gasteiger partial charge in [-0.15, -0.1) is 11.3 Å². The minimum atomic E-state index is 0.764. The van der Waals surface area contributed by atoms with Crippen molar-refractivity contribution in [3.05, 3.63) is 54.6 Å². The molecule has 8 heteroatoms. The summed E-state index contributed by atoms with van der Waals surface area (Å²) in [6.45, 7) is 3.47. The van der Waals surface area contributed by atoms with Crippen molar-refractivity contribution in [2.45, 2.75) is 0 Å². The molecule has 0 aromatic carbocycles. The minimum absolute atomic E-state index is 0.764. The SMILES string of the molecule is c1cncc(-c2ccnc(N3CCN(c4ncnc5ccsc45)CC3)n2)c1. The van der Waals surface area contributed by atoms with E-state index in [1.54, 1.807) is 23.9 Å². The summed E-state index contributed by atoms with van der Waals surface area (Å²) >= 11 is 1.69. The molecule has 0 atom stereocenters. The number of anilines is 2. The summed E-state index contributed by atoms with van der Waals surface area (Å²) in [5.74, 6) is 1.79. The van der Waals surface area contributed by atoms with Gasteiger partial charge in [-0.1, -0.05) is 0 Å². The fourth-order valence-electron chi connectivity index (χ4n) is 3.30. The average Bonchev–Trinajstić information content (AvgIpc) is 3.24. The lowest BCUT2D eigenvalue weighted by Gasteiger charge is -2.35. The zero-order valence-electron chi connectivity index (χ0n) is 14.6. The molecular formula is C19H17N7S. The maximum atomic E-state index is 4.74. The van der Waals surface area contributed by atoms with Crippen LogP contribution in [0.1, 0.15) is 0 Å². The van der Waals surface area contributed by atoms with Crippen LogP contribution in [-0.2, 0) is 0 Å². The number of nitrogens with zero attached hydrogens (tertiary/aromatic N) is 7. The number of aromatic nitrogens is 5. The molecule has 4 aromatic rings. The molecule has 1 aliphatic heterocycles. The third-order valence-electron chi connectivity index (χ3n) is 4.69. The summed E-state index contributed by atoms with van der Waals surface area (Å²) in [5.41, 5.74) is 2.91. The fraction of sp³-hybridized carbons (Fsp3) is 0.211. The van der Waals surface area contributed by atoms with Gasteiger partial charge in [-0.2, -0.15) is 0 Å². The van der Waals surface area contributed by atoms with Gasteiger partial charge in [0.2, 0.25) is 5.95 Å². The zero-order chi connectivity index (χ0) is 18.1. The van der Waals surface area contributed by atoms with Gasteiger partial charge in [0.15, 0.2) is 0 Å². The van der Waals surface area contributed by atoms with E-state index in [-0.39, 0.29) is 0 Å². The van der Waals surface area contributed by atoms with Gasteiger partial charge in [-0.05, 0) is 29.6 Å². The van der Waals surface area contributed by atoms with Gasteiger partial charge in [0.25, 0.3) is 0 Å². The quantitative estimate of drug-likeness (QED) is 0.545. The molecular weight excluding hydrogens is 358 g/mol. The second kappa shape index (κ2) is 6.88. The van der Waals surface area contributed by atoms with E-state index < -0.39 is 0 Å². The standard InChI is InChI=1S/C19H17N7S/c1-2-14(12-20-5-1)15-3-6-21-19(24-15)26-9-7-25(8-10-26)18-17-16(4-11-27-17)22-13-23-18/h1-6,11-13H,7-10H2. The summed E-state index contributed by atoms with van der Waals surface area (Å²) < 4.78 is 1.15. The Bertz CT molecular complexity index is 1060. The van der Waals surface area contributed by atoms with Gasteiger partial charge in [-0.3, -0.25) is 4.98 Å². The summed E-state index contributed by atoms with van der Waals surface area (Å²) in [5, 5.41) is 2.07. The molecule has 0 spiro atoms. The second-order valence-electron chi connectivity index (χ2n) is 6.29. The van der Waals surface area contributed by atoms with Crippen LogP contribution in [0.2, 0.25) is 0 Å². The van der Waals surface area contributed by atoms with Crippen LogP contribution in [0.25, 0.3) is 21.5 Å². The third kappa shape index (κ3) is 3.08. The van der Waals surface area contributed by atoms with Crippen LogP contribution in [0.15, 0.2) is 54.6 Å². The summed E-state index contributed by atoms with van der Waals surface area (Å²) in [4.78, 5) is 26.8. The molecule has 1 aliphatic rings. The van der Waals surface area contributed by atoms with Crippen molar-refractivity contribution in [2.24, 2.45) is 0 Å². The predicted molar refractivity (Wildman–Crippen MR) is 107 cm³/mol. The molecule has 0 N–H and O–H groups in total. The number of piperazine rings is 1. The monoisotopic (exact) mass is 375 g/mol. The molecule has 0 aliphatic carbocycles. The number of rotatable bonds is 3. The number of fused-ring (bicyclic) bond motifs is 1. The molecule has 0 radical (unpaired) electrons. The van der Waals surface area contributed by atoms with E-state index in [1.165, 1.54) is 0 Å². The fourth-order valence-corrected chi connectivity index (χ4v) is 4.16. The number of hydrogen-bond donors (Lipinski definition) is 0. The molecule has 5 heterocycles. The summed E-state index contributed by atoms with van der Waals surface area (Å²) in [6.07, 6.45) is 7.06. The number of hydrogen-bond acceptors (Lipinski definition) is 8. The Kier molecular flexibility index (Phi) is 4.10. The molecule has 0 saturated carbocycles. The van der Waals surface area contributed by atoms with Crippen molar-refractivity contribution in [2.75, 3.05) is 36.0 Å². The topological polar surface area (TPSA) is 70.9 Å². The molecule has 0 unspecified atom stereocenters. The summed E-state index contributed by atoms with van der Waals surface area (Å²) in [7, 11) is 0. The number of thiophene rings is 1. The highest BCUT2D eigenvalue weighted by atomic mass is 32.1. The van der Waals surface area contributed by atoms with Crippen molar-refractivity contribution >= 4 is 33.3 Å². The highest BCUT2D eigenvalue weighted by molar-refractivity contribution is 7.17. The Hall–Kier alpha value is -3.13. The van der Waals surface area contributed by atoms with E-state index in [2.05, 4.69) is 35.1 Å². The molecule has 134 valence electrons. The Morgan fingerprint density at radius 1 is 0.889 bits per heavy atom. The first-order valence-electron chi connectivity index (χ1n) is 8.80. The first-order chi connectivity index (χ1) is 13.4. The van der Waals surface area contributed by atoms with Crippen molar-refractivity contribution in [3.8, 4) is 11.3 Å². The molecule has 7 nitrogen and oxygen atoms in total. The normalized spacial score (nSPS) is 14.7. The second-order valence-corrected chi connectivity index (χ2v) is 7.21. The smallest absolute Gasteiger partial charge is 0.225 e. The molecule has 1 saturated heterocycles. The lowest BCUT2D eigenvalue weighted by atomic mass is 10.2. The van der Waals surface area contributed by atoms with Crippen molar-refractivity contribution in [1.29, 1.82) is 0 Å². The molecule has 1 fully saturated rings. The van der Waals surface area contributed by atoms with Crippen LogP contribution >= 0.6 is 11.3 Å². The van der Waals surface area contributed by atoms with Crippen LogP contribution in [-0.4, -0.2) is 51.1 Å². The first kappa shape index (κ1) is 16.1. The molecule has 0 bridgehead atoms. The highest BCUT2D eigenvalue weighted by Gasteiger charge is 2.22. The lowest BCUT2D eigenvalue weighted by molar-refractivity contribution is 0.636. The van der Waals surface area contributed by atoms with Gasteiger partial charge >= 0.3 is 0 Å². The first-order valence-corrected chi connectivity index (χ1v) is 9.68. The van der Waals surface area contributed by atoms with E-state index in [1.807, 2.05) is 36.7 Å². The Morgan fingerprint density at radius 2 is 1.78 bits per heavy atom. The third-order valence-corrected chi connectivity index (χ3v) is 5.59. The van der Waals surface area contributed by atoms with Crippen LogP contribution in [0.4, 0.5) is 11.8 Å². The molecule has 0 amide bonds. The van der Waals surface area contributed by atoms with Crippen molar-refractivity contribution in [3.63, 3.8) is 0 Å². The highest BCUT2D eigenvalue weighted by Crippen LogP contribution is 2.29. The van der Waals surface area contributed by atoms with E-state index in [9.17, 15) is 0 Å². The van der Waals surface area contributed by atoms with E-state index in [0.29, 0.717) is 0 Å². The Balaban J connectivity index is 1.34. The van der Waals surface area contributed by atoms with Gasteiger partial charge in [0, 0.05) is 50.3 Å². The maximum absolute atomic E-state index is 4.74. The predicted octanol–water partition coefficient (Wildman–Crippen LogP) is 2.87. The average molecular weight is 375 g/mol. The largest absolute Gasteiger partial charge is 0.352 e. The Labute approximate surface area is 160 Å². The van der Waals surface area contributed by atoms with E-state index >= 15 is 0 Å². The van der Waals surface area contributed by atoms with Gasteiger partial charge in [0.1, 0.15) is 12.1 Å². The van der Waals surface area contributed by atoms with E-state index in [4.69, 9.17) is 4.98 Å². The summed E-state index contributed by atoms with van der Waals surface area (Å²) in [6, 6.07) is 7.89. The van der Waals surface area contributed by atoms with Gasteiger partial charge < -0.3 is 9.80 Å². The number of pyridine rings is 1. The van der Waals surface area contributed by atoms with Gasteiger partial charge in [0.05, 0.1) is 15.9 Å². The van der Waals surface area contributed by atoms with Crippen molar-refractivity contribution < 1.29 is 0 Å². The maximum Gasteiger partial charge on any atom is 0.225 e. The van der Waals surface area contributed by atoms with Crippen LogP contribution < -0.4 is 9.80 Å². The Morgan fingerprint density at radius 3 is 2.63 bits per heavy atom. The van der Waals surface area contributed by atoms with Crippen LogP contribution in [0.3, 0.4) is 0 Å². The van der Waals surface area contributed by atoms with Crippen molar-refractivity contribution in [1.82, 2.24) is 24.9 Å². The van der Waals surface area contributed by atoms with E-state index in [0.717, 1.165) is 59.4 Å². The molecule has 5 rings (SSSR count). The zero-order valence-corrected chi connectivity index (χ0v) is 15.4. The van der Waals surface area contributed by atoms with Crippen LogP contribution in [0.5, 0.6) is 0 Å². The molecule has 4 aromatic heterocycles. The van der Waals surface area contributed by atoms with Gasteiger partial charge in [-0.25, -0.2) is 19.9 Å². The minimum Gasteiger partial charge on any atom is -0.352 e. The van der Waals surface area contributed by atoms with Crippen LogP contribution in [0, 0.1) is 0 Å².